The summed E-state index contributed by atoms with van der Waals surface area (Å²) in [5.74, 6) is 0.453. The van der Waals surface area contributed by atoms with Gasteiger partial charge in [-0.1, -0.05) is 24.3 Å². The van der Waals surface area contributed by atoms with Crippen molar-refractivity contribution < 1.29 is 9.59 Å². The number of hydrogen-bond donors (Lipinski definition) is 1. The molecule has 0 radical (unpaired) electrons. The molecule has 1 N–H and O–H groups in total. The molecule has 0 aliphatic heterocycles. The smallest absolute Gasteiger partial charge is 0.253 e. The Morgan fingerprint density at radius 1 is 1.07 bits per heavy atom. The monoisotopic (exact) mass is 477 g/mol. The van der Waals surface area contributed by atoms with Crippen molar-refractivity contribution in [3.05, 3.63) is 64.1 Å². The van der Waals surface area contributed by atoms with Gasteiger partial charge >= 0.3 is 0 Å². The van der Waals surface area contributed by atoms with E-state index in [1.54, 1.807) is 29.8 Å². The molecule has 1 unspecified atom stereocenters. The molecule has 0 saturated heterocycles. The lowest BCUT2D eigenvalue weighted by Crippen LogP contribution is -2.47. The van der Waals surface area contributed by atoms with Crippen LogP contribution in [0.2, 0.25) is 0 Å². The van der Waals surface area contributed by atoms with Gasteiger partial charge in [0.05, 0.1) is 5.56 Å². The highest BCUT2D eigenvalue weighted by Crippen LogP contribution is 2.17. The Kier molecular flexibility index (Phi) is 9.04. The third-order valence-electron chi connectivity index (χ3n) is 4.58. The van der Waals surface area contributed by atoms with Gasteiger partial charge in [-0.3, -0.25) is 9.59 Å². The van der Waals surface area contributed by atoms with Gasteiger partial charge in [-0.25, -0.2) is 0 Å². The molecule has 0 aromatic heterocycles. The van der Waals surface area contributed by atoms with E-state index in [-0.39, 0.29) is 11.8 Å². The molecule has 156 valence electrons. The number of likely N-dealkylation sites (N-methyl/N-ethyl adjacent to an activating group) is 1. The second kappa shape index (κ2) is 11.3. The summed E-state index contributed by atoms with van der Waals surface area (Å²) in [6.45, 7) is 0.493. The van der Waals surface area contributed by atoms with E-state index in [1.807, 2.05) is 67.7 Å². The third-order valence-corrected chi connectivity index (χ3v) is 5.92. The Bertz CT molecular complexity index is 827. The maximum Gasteiger partial charge on any atom is 0.253 e. The van der Waals surface area contributed by atoms with E-state index >= 15 is 0 Å². The van der Waals surface area contributed by atoms with Crippen molar-refractivity contribution >= 4 is 45.2 Å². The van der Waals surface area contributed by atoms with E-state index in [4.69, 9.17) is 0 Å². The minimum atomic E-state index is -0.562. The molecule has 5 nitrogen and oxygen atoms in total. The number of amides is 2. The molecule has 0 fully saturated rings. The molecule has 0 spiro atoms. The van der Waals surface area contributed by atoms with Gasteiger partial charge in [-0.15, -0.1) is 0 Å². The van der Waals surface area contributed by atoms with Crippen molar-refractivity contribution in [3.63, 3.8) is 0 Å². The molecule has 1 atom stereocenters. The van der Waals surface area contributed by atoms with Crippen LogP contribution in [0.25, 0.3) is 0 Å². The van der Waals surface area contributed by atoms with Crippen LogP contribution < -0.4 is 10.2 Å². The number of carbonyl (C=O) groups is 2. The lowest BCUT2D eigenvalue weighted by Gasteiger charge is -2.25. The van der Waals surface area contributed by atoms with E-state index < -0.39 is 6.04 Å². The first-order valence-corrected chi connectivity index (χ1v) is 11.6. The SMILES string of the molecule is CSCCC(NC(=O)c1ccccc1Br)C(=O)N(C)Cc1ccc(N(C)C)cc1. The van der Waals surface area contributed by atoms with Crippen LogP contribution in [-0.2, 0) is 11.3 Å². The van der Waals surface area contributed by atoms with Gasteiger partial charge in [0.25, 0.3) is 5.91 Å². The summed E-state index contributed by atoms with van der Waals surface area (Å²) >= 11 is 5.06. The molecule has 0 aliphatic carbocycles. The second-order valence-corrected chi connectivity index (χ2v) is 8.88. The fourth-order valence-electron chi connectivity index (χ4n) is 2.89. The average molecular weight is 478 g/mol. The fraction of sp³-hybridized carbons (Fsp3) is 0.364. The summed E-state index contributed by atoms with van der Waals surface area (Å²) < 4.78 is 0.711. The van der Waals surface area contributed by atoms with Gasteiger partial charge in [0.2, 0.25) is 5.91 Å². The van der Waals surface area contributed by atoms with Crippen molar-refractivity contribution in [2.75, 3.05) is 38.1 Å². The van der Waals surface area contributed by atoms with Crippen LogP contribution in [0.1, 0.15) is 22.3 Å². The molecule has 2 aromatic rings. The zero-order valence-electron chi connectivity index (χ0n) is 17.3. The van der Waals surface area contributed by atoms with Crippen LogP contribution >= 0.6 is 27.7 Å². The molecular weight excluding hydrogens is 450 g/mol. The molecule has 0 heterocycles. The summed E-state index contributed by atoms with van der Waals surface area (Å²) in [5, 5.41) is 2.92. The largest absolute Gasteiger partial charge is 0.378 e. The van der Waals surface area contributed by atoms with Crippen LogP contribution in [0.4, 0.5) is 5.69 Å². The lowest BCUT2D eigenvalue weighted by atomic mass is 10.1. The van der Waals surface area contributed by atoms with Gasteiger partial charge in [0.1, 0.15) is 6.04 Å². The molecule has 0 saturated carbocycles. The lowest BCUT2D eigenvalue weighted by molar-refractivity contribution is -0.132. The van der Waals surface area contributed by atoms with Crippen molar-refractivity contribution in [1.29, 1.82) is 0 Å². The van der Waals surface area contributed by atoms with Gasteiger partial charge in [-0.2, -0.15) is 11.8 Å². The fourth-order valence-corrected chi connectivity index (χ4v) is 3.83. The minimum Gasteiger partial charge on any atom is -0.378 e. The van der Waals surface area contributed by atoms with Crippen LogP contribution in [-0.4, -0.2) is 55.9 Å². The predicted molar refractivity (Wildman–Crippen MR) is 126 cm³/mol. The van der Waals surface area contributed by atoms with Crippen molar-refractivity contribution in [3.8, 4) is 0 Å². The van der Waals surface area contributed by atoms with Crippen molar-refractivity contribution in [1.82, 2.24) is 10.2 Å². The molecule has 2 amide bonds. The zero-order valence-corrected chi connectivity index (χ0v) is 19.7. The van der Waals surface area contributed by atoms with Crippen LogP contribution in [0.3, 0.4) is 0 Å². The molecule has 7 heteroatoms. The van der Waals surface area contributed by atoms with Gasteiger partial charge in [-0.05, 0) is 64.2 Å². The highest BCUT2D eigenvalue weighted by atomic mass is 79.9. The van der Waals surface area contributed by atoms with E-state index in [9.17, 15) is 9.59 Å². The Morgan fingerprint density at radius 2 is 1.72 bits per heavy atom. The topological polar surface area (TPSA) is 52.7 Å². The van der Waals surface area contributed by atoms with Crippen LogP contribution in [0, 0.1) is 0 Å². The van der Waals surface area contributed by atoms with E-state index in [0.29, 0.717) is 23.0 Å². The summed E-state index contributed by atoms with van der Waals surface area (Å²) in [7, 11) is 5.77. The Balaban J connectivity index is 2.08. The Hall–Kier alpha value is -1.99. The number of anilines is 1. The average Bonchev–Trinajstić information content (AvgIpc) is 2.71. The first-order chi connectivity index (χ1) is 13.8. The van der Waals surface area contributed by atoms with Gasteiger partial charge < -0.3 is 15.1 Å². The maximum absolute atomic E-state index is 13.1. The number of nitrogens with zero attached hydrogens (tertiary/aromatic N) is 2. The Labute approximate surface area is 186 Å². The first kappa shape index (κ1) is 23.3. The predicted octanol–water partition coefficient (Wildman–Crippen LogP) is 4.03. The molecule has 2 aromatic carbocycles. The summed E-state index contributed by atoms with van der Waals surface area (Å²) in [6.07, 6.45) is 2.58. The normalized spacial score (nSPS) is 11.6. The highest BCUT2D eigenvalue weighted by molar-refractivity contribution is 9.10. The van der Waals surface area contributed by atoms with Crippen LogP contribution in [0.15, 0.2) is 53.0 Å². The van der Waals surface area contributed by atoms with E-state index in [0.717, 1.165) is 17.0 Å². The van der Waals surface area contributed by atoms with E-state index in [2.05, 4.69) is 21.2 Å². The molecule has 0 bridgehead atoms. The molecule has 29 heavy (non-hydrogen) atoms. The van der Waals surface area contributed by atoms with E-state index in [1.165, 1.54) is 0 Å². The second-order valence-electron chi connectivity index (χ2n) is 7.04. The van der Waals surface area contributed by atoms with Crippen molar-refractivity contribution in [2.24, 2.45) is 0 Å². The number of halogens is 1. The van der Waals surface area contributed by atoms with Crippen LogP contribution in [0.5, 0.6) is 0 Å². The quantitative estimate of drug-likeness (QED) is 0.592. The first-order valence-electron chi connectivity index (χ1n) is 9.39. The standard InChI is InChI=1S/C22H28BrN3O2S/c1-25(2)17-11-9-16(10-12-17)15-26(3)22(28)20(13-14-29-4)24-21(27)18-7-5-6-8-19(18)23/h5-12,20H,13-15H2,1-4H3,(H,24,27). The highest BCUT2D eigenvalue weighted by Gasteiger charge is 2.25. The summed E-state index contributed by atoms with van der Waals surface area (Å²) in [5.41, 5.74) is 2.69. The minimum absolute atomic E-state index is 0.0869. The number of carbonyl (C=O) groups excluding carboxylic acids is 2. The maximum atomic E-state index is 13.1. The molecule has 0 aliphatic rings. The zero-order chi connectivity index (χ0) is 21.4. The number of rotatable bonds is 9. The third kappa shape index (κ3) is 6.78. The summed E-state index contributed by atoms with van der Waals surface area (Å²) in [6, 6.07) is 14.8. The number of benzene rings is 2. The van der Waals surface area contributed by atoms with Gasteiger partial charge in [0, 0.05) is 37.8 Å². The molecular formula is C22H28BrN3O2S. The Morgan fingerprint density at radius 3 is 2.31 bits per heavy atom. The van der Waals surface area contributed by atoms with Gasteiger partial charge in [0.15, 0.2) is 0 Å². The number of hydrogen-bond acceptors (Lipinski definition) is 4. The number of nitrogens with one attached hydrogen (secondary N) is 1. The summed E-state index contributed by atoms with van der Waals surface area (Å²) in [4.78, 5) is 29.5. The number of thioether (sulfide) groups is 1. The molecule has 2 rings (SSSR count). The van der Waals surface area contributed by atoms with Crippen molar-refractivity contribution in [2.45, 2.75) is 19.0 Å².